The van der Waals surface area contributed by atoms with Crippen molar-refractivity contribution in [2.45, 2.75) is 71.5 Å². The van der Waals surface area contributed by atoms with Gasteiger partial charge in [0.15, 0.2) is 0 Å². The molecule has 1 heterocycles. The number of anilines is 2. The van der Waals surface area contributed by atoms with E-state index in [1.807, 2.05) is 0 Å². The number of carbonyl (C=O) groups excluding carboxylic acids is 3. The third-order valence-corrected chi connectivity index (χ3v) is 9.26. The fourth-order valence-corrected chi connectivity index (χ4v) is 6.76. The van der Waals surface area contributed by atoms with Crippen LogP contribution in [0.2, 0.25) is 0 Å². The number of nitrogen functional groups attached to an aromatic ring is 1. The lowest BCUT2D eigenvalue weighted by Gasteiger charge is -2.63. The van der Waals surface area contributed by atoms with E-state index in [1.165, 1.54) is 6.42 Å². The summed E-state index contributed by atoms with van der Waals surface area (Å²) in [7, 11) is -0.521. The van der Waals surface area contributed by atoms with E-state index in [2.05, 4.69) is 50.6 Å². The van der Waals surface area contributed by atoms with Gasteiger partial charge >= 0.3 is 7.12 Å². The number of carbonyl (C=O) groups is 3. The standard InChI is InChI=1S/C31H41BN4O5/c1-18(2)14-25(32-40-27-22-15-21(30(22,3)4)16-31(27,5)41-32)36-26(37)17-34-28(38)19-10-12-20(13-11-19)29(39)35-24-9-7-6-8-23(24)33/h6-13,18,21-22,25,27H,14-17,33H2,1-5H3,(H,34,38)(H,35,39)(H,36,37)/t21-,22+,25+,27?,31+/m1/s1. The molecule has 2 aromatic carbocycles. The Kier molecular flexibility index (Phi) is 7.91. The molecule has 6 rings (SSSR count). The highest BCUT2D eigenvalue weighted by atomic mass is 16.7. The van der Waals surface area contributed by atoms with Crippen LogP contribution < -0.4 is 21.7 Å². The maximum Gasteiger partial charge on any atom is 0.481 e. The second-order valence-corrected chi connectivity index (χ2v) is 13.0. The molecule has 5 atom stereocenters. The number of hydrogen-bond acceptors (Lipinski definition) is 6. The molecule has 41 heavy (non-hydrogen) atoms. The van der Waals surface area contributed by atoms with Gasteiger partial charge < -0.3 is 31.0 Å². The van der Waals surface area contributed by atoms with E-state index in [-0.39, 0.29) is 41.4 Å². The molecule has 0 aromatic heterocycles. The maximum atomic E-state index is 12.9. The van der Waals surface area contributed by atoms with Gasteiger partial charge in [0.2, 0.25) is 5.91 Å². The monoisotopic (exact) mass is 560 g/mol. The summed E-state index contributed by atoms with van der Waals surface area (Å²) in [6, 6.07) is 13.2. The Balaban J connectivity index is 1.15. The molecular formula is C31H41BN4O5. The molecule has 3 saturated carbocycles. The van der Waals surface area contributed by atoms with Crippen molar-refractivity contribution in [2.75, 3.05) is 17.6 Å². The number of amides is 3. The summed E-state index contributed by atoms with van der Waals surface area (Å²) in [5.74, 6) is 0.0352. The van der Waals surface area contributed by atoms with Gasteiger partial charge in [-0.2, -0.15) is 0 Å². The molecule has 1 unspecified atom stereocenters. The van der Waals surface area contributed by atoms with Crippen molar-refractivity contribution in [3.8, 4) is 0 Å². The first kappa shape index (κ1) is 29.1. The van der Waals surface area contributed by atoms with Crippen LogP contribution in [0, 0.1) is 23.2 Å². The van der Waals surface area contributed by atoms with Crippen LogP contribution in [-0.2, 0) is 14.1 Å². The van der Waals surface area contributed by atoms with Gasteiger partial charge in [-0.3, -0.25) is 14.4 Å². The van der Waals surface area contributed by atoms with E-state index >= 15 is 0 Å². The largest absolute Gasteiger partial charge is 0.481 e. The third kappa shape index (κ3) is 5.86. The van der Waals surface area contributed by atoms with Crippen LogP contribution in [0.25, 0.3) is 0 Å². The van der Waals surface area contributed by atoms with Crippen molar-refractivity contribution in [2.24, 2.45) is 23.2 Å². The first-order chi connectivity index (χ1) is 19.4. The molecule has 0 spiro atoms. The number of nitrogens with two attached hydrogens (primary N) is 1. The number of nitrogens with one attached hydrogen (secondary N) is 3. The summed E-state index contributed by atoms with van der Waals surface area (Å²) >= 11 is 0. The van der Waals surface area contributed by atoms with E-state index in [0.29, 0.717) is 46.7 Å². The predicted octanol–water partition coefficient (Wildman–Crippen LogP) is 4.05. The Labute approximate surface area is 242 Å². The van der Waals surface area contributed by atoms with Gasteiger partial charge in [-0.1, -0.05) is 39.8 Å². The molecule has 4 fully saturated rings. The lowest BCUT2D eigenvalue weighted by atomic mass is 9.45. The van der Waals surface area contributed by atoms with Crippen molar-refractivity contribution >= 4 is 36.2 Å². The molecule has 2 aromatic rings. The summed E-state index contributed by atoms with van der Waals surface area (Å²) in [6.07, 6.45) is 2.86. The Morgan fingerprint density at radius 1 is 1.02 bits per heavy atom. The minimum atomic E-state index is -0.521. The molecule has 1 saturated heterocycles. The fraction of sp³-hybridized carbons (Fsp3) is 0.516. The van der Waals surface area contributed by atoms with Gasteiger partial charge in [0.05, 0.1) is 35.6 Å². The second-order valence-electron chi connectivity index (χ2n) is 13.0. The molecule has 1 aliphatic heterocycles. The van der Waals surface area contributed by atoms with Crippen LogP contribution in [0.4, 0.5) is 11.4 Å². The Hall–Kier alpha value is -3.37. The van der Waals surface area contributed by atoms with Crippen LogP contribution in [0.15, 0.2) is 48.5 Å². The lowest BCUT2D eigenvalue weighted by Crippen LogP contribution is -2.63. The summed E-state index contributed by atoms with van der Waals surface area (Å²) in [6.45, 7) is 10.8. The summed E-state index contributed by atoms with van der Waals surface area (Å²) in [4.78, 5) is 38.2. The highest BCUT2D eigenvalue weighted by molar-refractivity contribution is 6.47. The average molecular weight is 561 g/mol. The van der Waals surface area contributed by atoms with Gasteiger partial charge in [0, 0.05) is 11.1 Å². The first-order valence-corrected chi connectivity index (χ1v) is 14.5. The summed E-state index contributed by atoms with van der Waals surface area (Å²) < 4.78 is 13.0. The molecule has 3 aliphatic carbocycles. The van der Waals surface area contributed by atoms with Crippen molar-refractivity contribution in [1.82, 2.24) is 10.6 Å². The summed E-state index contributed by atoms with van der Waals surface area (Å²) in [5.41, 5.74) is 7.51. The van der Waals surface area contributed by atoms with Crippen LogP contribution in [-0.4, -0.2) is 49.0 Å². The topological polar surface area (TPSA) is 132 Å². The minimum absolute atomic E-state index is 0.0221. The van der Waals surface area contributed by atoms with Gasteiger partial charge in [-0.25, -0.2) is 0 Å². The molecule has 2 bridgehead atoms. The number of benzene rings is 2. The average Bonchev–Trinajstić information content (AvgIpc) is 3.30. The normalized spacial score (nSPS) is 26.5. The Bertz CT molecular complexity index is 1320. The van der Waals surface area contributed by atoms with Crippen LogP contribution in [0.5, 0.6) is 0 Å². The zero-order valence-electron chi connectivity index (χ0n) is 24.5. The van der Waals surface area contributed by atoms with Crippen molar-refractivity contribution in [3.05, 3.63) is 59.7 Å². The van der Waals surface area contributed by atoms with E-state index in [1.54, 1.807) is 48.5 Å². The molecule has 4 aliphatic rings. The van der Waals surface area contributed by atoms with Gasteiger partial charge in [0.25, 0.3) is 11.8 Å². The highest BCUT2D eigenvalue weighted by Gasteiger charge is 2.67. The quantitative estimate of drug-likeness (QED) is 0.270. The van der Waals surface area contributed by atoms with Gasteiger partial charge in [0.1, 0.15) is 0 Å². The molecular weight excluding hydrogens is 519 g/mol. The Morgan fingerprint density at radius 2 is 1.68 bits per heavy atom. The van der Waals surface area contributed by atoms with Crippen molar-refractivity contribution < 1.29 is 23.7 Å². The SMILES string of the molecule is CC(C)C[C@H](NC(=O)CNC(=O)c1ccc(C(=O)Nc2ccccc2N)cc1)B1OC2[C@@H]3C[C@H](C[C@]2(C)O1)C3(C)C. The summed E-state index contributed by atoms with van der Waals surface area (Å²) in [5, 5.41) is 8.49. The Morgan fingerprint density at radius 3 is 2.32 bits per heavy atom. The van der Waals surface area contributed by atoms with E-state index in [4.69, 9.17) is 15.0 Å². The zero-order valence-corrected chi connectivity index (χ0v) is 24.5. The first-order valence-electron chi connectivity index (χ1n) is 14.5. The maximum absolute atomic E-state index is 12.9. The fourth-order valence-electron chi connectivity index (χ4n) is 6.76. The molecule has 0 radical (unpaired) electrons. The highest BCUT2D eigenvalue weighted by Crippen LogP contribution is 2.64. The van der Waals surface area contributed by atoms with Crippen molar-refractivity contribution in [1.29, 1.82) is 0 Å². The van der Waals surface area contributed by atoms with Crippen molar-refractivity contribution in [3.63, 3.8) is 0 Å². The molecule has 5 N–H and O–H groups in total. The minimum Gasteiger partial charge on any atom is -0.404 e. The van der Waals surface area contributed by atoms with Gasteiger partial charge in [-0.05, 0) is 85.8 Å². The van der Waals surface area contributed by atoms with Crippen LogP contribution in [0.3, 0.4) is 0 Å². The third-order valence-electron chi connectivity index (χ3n) is 9.26. The number of para-hydroxylation sites is 2. The molecule has 218 valence electrons. The molecule has 9 nitrogen and oxygen atoms in total. The lowest BCUT2D eigenvalue weighted by molar-refractivity contribution is -0.185. The van der Waals surface area contributed by atoms with Crippen LogP contribution >= 0.6 is 0 Å². The second kappa shape index (κ2) is 11.1. The van der Waals surface area contributed by atoms with Gasteiger partial charge in [-0.15, -0.1) is 0 Å². The smallest absolute Gasteiger partial charge is 0.404 e. The van der Waals surface area contributed by atoms with E-state index < -0.39 is 13.0 Å². The van der Waals surface area contributed by atoms with E-state index in [9.17, 15) is 14.4 Å². The molecule has 10 heteroatoms. The molecule has 3 amide bonds. The van der Waals surface area contributed by atoms with Crippen LogP contribution in [0.1, 0.15) is 74.6 Å². The number of rotatable bonds is 9. The van der Waals surface area contributed by atoms with E-state index in [0.717, 1.165) is 6.42 Å². The predicted molar refractivity (Wildman–Crippen MR) is 159 cm³/mol. The number of hydrogen-bond donors (Lipinski definition) is 4. The zero-order chi connectivity index (χ0) is 29.5.